The first-order chi connectivity index (χ1) is 6.15. The fourth-order valence-corrected chi connectivity index (χ4v) is 0.963. The van der Waals surface area contributed by atoms with E-state index in [1.165, 1.54) is 7.11 Å². The van der Waals surface area contributed by atoms with E-state index in [0.717, 1.165) is 6.42 Å². The molecule has 0 aromatic heterocycles. The van der Waals surface area contributed by atoms with Crippen LogP contribution in [-0.2, 0) is 14.3 Å². The molecule has 1 atom stereocenters. The van der Waals surface area contributed by atoms with Gasteiger partial charge in [0.15, 0.2) is 0 Å². The highest BCUT2D eigenvalue weighted by molar-refractivity contribution is 5.84. The van der Waals surface area contributed by atoms with Crippen LogP contribution in [0.2, 0.25) is 0 Å². The Balaban J connectivity index is 3.97. The molecule has 0 saturated carbocycles. The van der Waals surface area contributed by atoms with Gasteiger partial charge in [0.1, 0.15) is 6.04 Å². The van der Waals surface area contributed by atoms with Crippen LogP contribution in [0.25, 0.3) is 0 Å². The average Bonchev–Trinajstić information content (AvgIpc) is 2.13. The first-order valence-corrected chi connectivity index (χ1v) is 4.52. The van der Waals surface area contributed by atoms with Crippen molar-refractivity contribution < 1.29 is 14.3 Å². The summed E-state index contributed by atoms with van der Waals surface area (Å²) >= 11 is 0. The summed E-state index contributed by atoms with van der Waals surface area (Å²) in [5.74, 6) is -0.480. The lowest BCUT2D eigenvalue weighted by molar-refractivity contribution is -0.145. The second-order valence-corrected chi connectivity index (χ2v) is 2.80. The molecular weight excluding hydrogens is 170 g/mol. The molecular formula is C9H17NO3. The molecule has 0 radical (unpaired) electrons. The number of hydrogen-bond donors (Lipinski definition) is 1. The summed E-state index contributed by atoms with van der Waals surface area (Å²) in [5.41, 5.74) is 0. The lowest BCUT2D eigenvalue weighted by Crippen LogP contribution is -2.40. The zero-order valence-corrected chi connectivity index (χ0v) is 8.42. The number of carbonyl (C=O) groups excluding carboxylic acids is 2. The fourth-order valence-electron chi connectivity index (χ4n) is 0.963. The number of methoxy groups -OCH3 is 1. The largest absolute Gasteiger partial charge is 0.467 e. The summed E-state index contributed by atoms with van der Waals surface area (Å²) in [6.07, 6.45) is 1.79. The Morgan fingerprint density at radius 3 is 2.38 bits per heavy atom. The van der Waals surface area contributed by atoms with Crippen molar-refractivity contribution in [2.45, 2.75) is 39.2 Å². The summed E-state index contributed by atoms with van der Waals surface area (Å²) < 4.78 is 4.53. The number of ether oxygens (including phenoxy) is 1. The summed E-state index contributed by atoms with van der Waals surface area (Å²) in [4.78, 5) is 22.2. The van der Waals surface area contributed by atoms with Crippen LogP contribution in [0.15, 0.2) is 0 Å². The second-order valence-electron chi connectivity index (χ2n) is 2.80. The van der Waals surface area contributed by atoms with Crippen LogP contribution < -0.4 is 5.32 Å². The van der Waals surface area contributed by atoms with E-state index in [0.29, 0.717) is 12.8 Å². The fraction of sp³-hybridized carbons (Fsp3) is 0.778. The Labute approximate surface area is 78.6 Å². The van der Waals surface area contributed by atoms with E-state index in [1.807, 2.05) is 13.8 Å². The van der Waals surface area contributed by atoms with Gasteiger partial charge in [0, 0.05) is 6.42 Å². The third-order valence-corrected chi connectivity index (χ3v) is 1.71. The van der Waals surface area contributed by atoms with E-state index >= 15 is 0 Å². The van der Waals surface area contributed by atoms with Crippen molar-refractivity contribution >= 4 is 11.9 Å². The molecule has 13 heavy (non-hydrogen) atoms. The van der Waals surface area contributed by atoms with Gasteiger partial charge < -0.3 is 10.1 Å². The lowest BCUT2D eigenvalue weighted by Gasteiger charge is -2.13. The third kappa shape index (κ3) is 4.50. The number of hydrogen-bond acceptors (Lipinski definition) is 3. The second kappa shape index (κ2) is 6.46. The van der Waals surface area contributed by atoms with Gasteiger partial charge in [-0.15, -0.1) is 0 Å². The molecule has 4 heteroatoms. The average molecular weight is 187 g/mol. The van der Waals surface area contributed by atoms with Gasteiger partial charge in [-0.3, -0.25) is 4.79 Å². The highest BCUT2D eigenvalue weighted by Crippen LogP contribution is 1.96. The third-order valence-electron chi connectivity index (χ3n) is 1.71. The lowest BCUT2D eigenvalue weighted by atomic mass is 10.2. The molecule has 0 heterocycles. The summed E-state index contributed by atoms with van der Waals surface area (Å²) in [6.45, 7) is 3.74. The van der Waals surface area contributed by atoms with Gasteiger partial charge in [0.25, 0.3) is 0 Å². The molecule has 0 aliphatic heterocycles. The van der Waals surface area contributed by atoms with E-state index in [-0.39, 0.29) is 11.9 Å². The molecule has 0 fully saturated rings. The molecule has 0 rings (SSSR count). The normalized spacial score (nSPS) is 11.9. The van der Waals surface area contributed by atoms with Crippen molar-refractivity contribution in [3.63, 3.8) is 0 Å². The SMILES string of the molecule is CCCC(=O)N[C@@H](CC)C(=O)OC. The maximum atomic E-state index is 11.1. The Morgan fingerprint density at radius 2 is 2.00 bits per heavy atom. The van der Waals surface area contributed by atoms with Gasteiger partial charge >= 0.3 is 5.97 Å². The smallest absolute Gasteiger partial charge is 0.328 e. The van der Waals surface area contributed by atoms with Gasteiger partial charge in [-0.1, -0.05) is 13.8 Å². The summed E-state index contributed by atoms with van der Waals surface area (Å²) in [5, 5.41) is 2.60. The highest BCUT2D eigenvalue weighted by Gasteiger charge is 2.18. The minimum atomic E-state index is -0.496. The van der Waals surface area contributed by atoms with Crippen LogP contribution in [-0.4, -0.2) is 25.0 Å². The molecule has 0 saturated heterocycles. The van der Waals surface area contributed by atoms with Crippen LogP contribution in [0.5, 0.6) is 0 Å². The van der Waals surface area contributed by atoms with Gasteiger partial charge in [-0.25, -0.2) is 4.79 Å². The van der Waals surface area contributed by atoms with Gasteiger partial charge in [0.05, 0.1) is 7.11 Å². The first-order valence-electron chi connectivity index (χ1n) is 4.52. The predicted molar refractivity (Wildman–Crippen MR) is 49.1 cm³/mol. The summed E-state index contributed by atoms with van der Waals surface area (Å²) in [7, 11) is 1.32. The molecule has 0 bridgehead atoms. The topological polar surface area (TPSA) is 55.4 Å². The van der Waals surface area contributed by atoms with Gasteiger partial charge in [-0.05, 0) is 12.8 Å². The molecule has 0 aromatic rings. The minimum Gasteiger partial charge on any atom is -0.467 e. The Morgan fingerprint density at radius 1 is 1.38 bits per heavy atom. The highest BCUT2D eigenvalue weighted by atomic mass is 16.5. The summed E-state index contributed by atoms with van der Waals surface area (Å²) in [6, 6.07) is -0.496. The van der Waals surface area contributed by atoms with Crippen LogP contribution in [0.1, 0.15) is 33.1 Å². The maximum absolute atomic E-state index is 11.1. The molecule has 0 spiro atoms. The molecule has 4 nitrogen and oxygen atoms in total. The van der Waals surface area contributed by atoms with Crippen molar-refractivity contribution in [3.8, 4) is 0 Å². The zero-order chi connectivity index (χ0) is 10.3. The van der Waals surface area contributed by atoms with Crippen LogP contribution in [0.4, 0.5) is 0 Å². The quantitative estimate of drug-likeness (QED) is 0.649. The van der Waals surface area contributed by atoms with Crippen molar-refractivity contribution in [1.82, 2.24) is 5.32 Å². The van der Waals surface area contributed by atoms with E-state index in [2.05, 4.69) is 10.1 Å². The molecule has 76 valence electrons. The van der Waals surface area contributed by atoms with E-state index in [4.69, 9.17) is 0 Å². The minimum absolute atomic E-state index is 0.0975. The van der Waals surface area contributed by atoms with Crippen LogP contribution >= 0.6 is 0 Å². The molecule has 0 aliphatic carbocycles. The molecule has 1 amide bonds. The Bertz CT molecular complexity index is 180. The van der Waals surface area contributed by atoms with Gasteiger partial charge in [-0.2, -0.15) is 0 Å². The zero-order valence-electron chi connectivity index (χ0n) is 8.42. The molecule has 0 aromatic carbocycles. The number of amides is 1. The van der Waals surface area contributed by atoms with E-state index in [1.54, 1.807) is 0 Å². The van der Waals surface area contributed by atoms with Crippen LogP contribution in [0, 0.1) is 0 Å². The van der Waals surface area contributed by atoms with Crippen molar-refractivity contribution in [1.29, 1.82) is 0 Å². The van der Waals surface area contributed by atoms with Crippen molar-refractivity contribution in [3.05, 3.63) is 0 Å². The van der Waals surface area contributed by atoms with E-state index in [9.17, 15) is 9.59 Å². The molecule has 0 unspecified atom stereocenters. The number of carbonyl (C=O) groups is 2. The Hall–Kier alpha value is -1.06. The molecule has 0 aliphatic rings. The molecule has 1 N–H and O–H groups in total. The predicted octanol–water partition coefficient (Wildman–Crippen LogP) is 0.854. The van der Waals surface area contributed by atoms with Crippen LogP contribution in [0.3, 0.4) is 0 Å². The first kappa shape index (κ1) is 11.9. The number of esters is 1. The number of rotatable bonds is 5. The number of nitrogens with one attached hydrogen (secondary N) is 1. The maximum Gasteiger partial charge on any atom is 0.328 e. The monoisotopic (exact) mass is 187 g/mol. The van der Waals surface area contributed by atoms with Gasteiger partial charge in [0.2, 0.25) is 5.91 Å². The van der Waals surface area contributed by atoms with E-state index < -0.39 is 6.04 Å². The Kier molecular flexibility index (Phi) is 5.93. The van der Waals surface area contributed by atoms with Crippen molar-refractivity contribution in [2.24, 2.45) is 0 Å². The standard InChI is InChI=1S/C9H17NO3/c1-4-6-8(11)10-7(5-2)9(12)13-3/h7H,4-6H2,1-3H3,(H,10,11)/t7-/m0/s1. The van der Waals surface area contributed by atoms with Crippen molar-refractivity contribution in [2.75, 3.05) is 7.11 Å².